The van der Waals surface area contributed by atoms with Gasteiger partial charge in [0.05, 0.1) is 27.4 Å². The van der Waals surface area contributed by atoms with Crippen LogP contribution in [0.1, 0.15) is 64.4 Å². The molecule has 1 aromatic carbocycles. The van der Waals surface area contributed by atoms with E-state index in [1.165, 1.54) is 5.57 Å². The molecule has 7 nitrogen and oxygen atoms in total. The summed E-state index contributed by atoms with van der Waals surface area (Å²) in [6.07, 6.45) is 10.5. The van der Waals surface area contributed by atoms with E-state index >= 15 is 0 Å². The molecule has 3 fully saturated rings. The number of benzene rings is 1. The van der Waals surface area contributed by atoms with Crippen molar-refractivity contribution in [2.75, 3.05) is 21.3 Å². The first-order valence-electron chi connectivity index (χ1n) is 13.9. The minimum absolute atomic E-state index is 0.0659. The van der Waals surface area contributed by atoms with Gasteiger partial charge >= 0.3 is 0 Å². The van der Waals surface area contributed by atoms with Gasteiger partial charge in [0.1, 0.15) is 11.6 Å². The van der Waals surface area contributed by atoms with Crippen LogP contribution in [-0.2, 0) is 4.79 Å². The van der Waals surface area contributed by atoms with Crippen molar-refractivity contribution in [1.82, 2.24) is 0 Å². The number of nitrogens with two attached hydrogens (primary N) is 1. The molecule has 0 aromatic heterocycles. The molecule has 39 heavy (non-hydrogen) atoms. The Morgan fingerprint density at radius 3 is 2.31 bits per heavy atom. The molecule has 3 N–H and O–H groups in total. The maximum atomic E-state index is 12.6. The quantitative estimate of drug-likeness (QED) is 0.301. The Bertz CT molecular complexity index is 1300. The maximum absolute atomic E-state index is 12.6. The average molecular weight is 533 g/mol. The Balaban J connectivity index is 1.63. The van der Waals surface area contributed by atoms with Gasteiger partial charge in [-0.1, -0.05) is 31.6 Å². The summed E-state index contributed by atoms with van der Waals surface area (Å²) in [5.41, 5.74) is 9.68. The van der Waals surface area contributed by atoms with E-state index in [1.807, 2.05) is 12.1 Å². The second-order valence-corrected chi connectivity index (χ2v) is 12.2. The number of nitrogens with zero attached hydrogens (tertiary/aromatic N) is 1. The molecule has 7 heteroatoms. The highest BCUT2D eigenvalue weighted by molar-refractivity contribution is 5.98. The largest absolute Gasteiger partial charge is 0.493 e. The molecule has 3 saturated carbocycles. The number of amides is 1. The summed E-state index contributed by atoms with van der Waals surface area (Å²) in [5.74, 6) is 2.16. The van der Waals surface area contributed by atoms with E-state index < -0.39 is 5.91 Å². The van der Waals surface area contributed by atoms with E-state index in [0.717, 1.165) is 61.7 Å². The molecule has 0 saturated heterocycles. The third kappa shape index (κ3) is 4.24. The lowest BCUT2D eigenvalue weighted by atomic mass is 9.47. The van der Waals surface area contributed by atoms with Gasteiger partial charge in [0.2, 0.25) is 5.75 Å². The van der Waals surface area contributed by atoms with Crippen molar-refractivity contribution in [3.63, 3.8) is 0 Å². The number of carbonyl (C=O) groups excluding carboxylic acids is 1. The molecular weight excluding hydrogens is 492 g/mol. The summed E-state index contributed by atoms with van der Waals surface area (Å²) in [5, 5.41) is 20.5. The Morgan fingerprint density at radius 1 is 1.05 bits per heavy atom. The van der Waals surface area contributed by atoms with Crippen LogP contribution in [0.5, 0.6) is 17.2 Å². The molecule has 0 aliphatic heterocycles. The molecule has 6 atom stereocenters. The fourth-order valence-electron chi connectivity index (χ4n) is 8.55. The summed E-state index contributed by atoms with van der Waals surface area (Å²) < 4.78 is 16.6. The molecule has 208 valence electrons. The van der Waals surface area contributed by atoms with E-state index in [0.29, 0.717) is 29.1 Å². The Morgan fingerprint density at radius 2 is 1.72 bits per heavy atom. The lowest BCUT2D eigenvalue weighted by Crippen LogP contribution is -2.49. The van der Waals surface area contributed by atoms with Crippen molar-refractivity contribution in [2.24, 2.45) is 34.3 Å². The van der Waals surface area contributed by atoms with Crippen molar-refractivity contribution in [3.05, 3.63) is 46.1 Å². The topological polar surface area (TPSA) is 115 Å². The molecular formula is C32H40N2O5. The van der Waals surface area contributed by atoms with Crippen LogP contribution < -0.4 is 19.9 Å². The van der Waals surface area contributed by atoms with Gasteiger partial charge in [-0.2, -0.15) is 5.26 Å². The average Bonchev–Trinajstić information content (AvgIpc) is 3.20. The molecule has 1 aromatic rings. The predicted octanol–water partition coefficient (Wildman–Crippen LogP) is 5.33. The van der Waals surface area contributed by atoms with Gasteiger partial charge in [-0.3, -0.25) is 4.79 Å². The van der Waals surface area contributed by atoms with Gasteiger partial charge in [0.25, 0.3) is 5.91 Å². The standard InChI is InChI=1S/C32H40N2O5/c1-31-10-8-21(35)16-20(31)6-7-22-24(31)9-11-32(2)25(22)15-19(28(32)23(17-33)30(34)36)12-18-13-26(37-3)29(39-5)27(14-18)38-4/h6,12-14,21-22,24-25,35H,7-11,15-16H2,1-5H3,(H2,34,36)/b19-12+,28-23+/t21-,22+,24-,25-,31-,32-/m0/s1. The van der Waals surface area contributed by atoms with Gasteiger partial charge in [-0.15, -0.1) is 0 Å². The second-order valence-electron chi connectivity index (χ2n) is 12.2. The highest BCUT2D eigenvalue weighted by Gasteiger charge is 2.59. The van der Waals surface area contributed by atoms with Gasteiger partial charge in [-0.25, -0.2) is 0 Å². The van der Waals surface area contributed by atoms with Crippen molar-refractivity contribution in [3.8, 4) is 23.3 Å². The number of hydrogen-bond acceptors (Lipinski definition) is 6. The fraction of sp³-hybridized carbons (Fsp3) is 0.562. The Labute approximate surface area is 231 Å². The van der Waals surface area contributed by atoms with Gasteiger partial charge in [0, 0.05) is 0 Å². The first-order chi connectivity index (χ1) is 18.6. The van der Waals surface area contributed by atoms with Crippen LogP contribution in [0.2, 0.25) is 0 Å². The zero-order valence-corrected chi connectivity index (χ0v) is 23.7. The molecule has 0 heterocycles. The number of aliphatic hydroxyl groups is 1. The lowest BCUT2D eigenvalue weighted by molar-refractivity contribution is -0.114. The van der Waals surface area contributed by atoms with Gasteiger partial charge in [0.15, 0.2) is 11.5 Å². The Hall–Kier alpha value is -3.24. The van der Waals surface area contributed by atoms with Gasteiger partial charge < -0.3 is 25.1 Å². The molecule has 4 aliphatic rings. The van der Waals surface area contributed by atoms with Crippen LogP contribution in [0.4, 0.5) is 0 Å². The van der Waals surface area contributed by atoms with Crippen molar-refractivity contribution in [1.29, 1.82) is 5.26 Å². The molecule has 4 aliphatic carbocycles. The summed E-state index contributed by atoms with van der Waals surface area (Å²) in [7, 11) is 4.74. The van der Waals surface area contributed by atoms with E-state index in [2.05, 4.69) is 32.1 Å². The summed E-state index contributed by atoms with van der Waals surface area (Å²) in [6, 6.07) is 5.94. The van der Waals surface area contributed by atoms with E-state index in [9.17, 15) is 15.2 Å². The van der Waals surface area contributed by atoms with Crippen molar-refractivity contribution < 1.29 is 24.1 Å². The minimum atomic E-state index is -0.675. The van der Waals surface area contributed by atoms with E-state index in [-0.39, 0.29) is 28.4 Å². The smallest absolute Gasteiger partial charge is 0.259 e. The van der Waals surface area contributed by atoms with Crippen LogP contribution in [0.25, 0.3) is 6.08 Å². The van der Waals surface area contributed by atoms with Crippen LogP contribution in [0.15, 0.2) is 40.5 Å². The lowest BCUT2D eigenvalue weighted by Gasteiger charge is -2.57. The predicted molar refractivity (Wildman–Crippen MR) is 149 cm³/mol. The van der Waals surface area contributed by atoms with Crippen molar-refractivity contribution in [2.45, 2.75) is 64.9 Å². The molecule has 1 amide bonds. The fourth-order valence-corrected chi connectivity index (χ4v) is 8.55. The summed E-state index contributed by atoms with van der Waals surface area (Å²) >= 11 is 0. The highest BCUT2D eigenvalue weighted by Crippen LogP contribution is 2.67. The maximum Gasteiger partial charge on any atom is 0.259 e. The van der Waals surface area contributed by atoms with Crippen LogP contribution in [-0.4, -0.2) is 38.4 Å². The van der Waals surface area contributed by atoms with Crippen molar-refractivity contribution >= 4 is 12.0 Å². The first kappa shape index (κ1) is 27.3. The normalized spacial score (nSPS) is 35.6. The Kier molecular flexibility index (Phi) is 7.05. The number of ether oxygens (including phenoxy) is 3. The molecule has 0 bridgehead atoms. The van der Waals surface area contributed by atoms with Gasteiger partial charge in [-0.05, 0) is 102 Å². The minimum Gasteiger partial charge on any atom is -0.493 e. The number of hydrogen-bond donors (Lipinski definition) is 2. The van der Waals surface area contributed by atoms with Crippen LogP contribution in [0, 0.1) is 39.9 Å². The molecule has 0 spiro atoms. The number of nitriles is 1. The number of carbonyl (C=O) groups is 1. The van der Waals surface area contributed by atoms with Crippen LogP contribution in [0.3, 0.4) is 0 Å². The number of primary amides is 1. The second kappa shape index (κ2) is 10.1. The number of methoxy groups -OCH3 is 3. The molecule has 0 radical (unpaired) electrons. The molecule has 0 unspecified atom stereocenters. The highest BCUT2D eigenvalue weighted by atomic mass is 16.5. The number of fused-ring (bicyclic) bond motifs is 5. The number of rotatable bonds is 5. The first-order valence-corrected chi connectivity index (χ1v) is 13.9. The summed E-state index contributed by atoms with van der Waals surface area (Å²) in [6.45, 7) is 4.62. The summed E-state index contributed by atoms with van der Waals surface area (Å²) in [4.78, 5) is 12.6. The zero-order chi connectivity index (χ0) is 28.1. The zero-order valence-electron chi connectivity index (χ0n) is 23.7. The van der Waals surface area contributed by atoms with E-state index in [1.54, 1.807) is 21.3 Å². The molecule has 5 rings (SSSR count). The third-order valence-electron chi connectivity index (χ3n) is 10.4. The SMILES string of the molecule is COc1cc(/C=C2\C[C@H]3[C@@H]4CC=C5C[C@@H](O)CC[C@]5(C)[C@H]4CC[C@]3(C)\C2=C(/C#N)C(N)=O)cc(OC)c1OC. The number of aliphatic hydroxyl groups excluding tert-OH is 1. The monoisotopic (exact) mass is 532 g/mol. The van der Waals surface area contributed by atoms with E-state index in [4.69, 9.17) is 19.9 Å². The third-order valence-corrected chi connectivity index (χ3v) is 10.4. The van der Waals surface area contributed by atoms with Crippen LogP contribution >= 0.6 is 0 Å². The number of allylic oxidation sites excluding steroid dienone is 3.